The predicted octanol–water partition coefficient (Wildman–Crippen LogP) is 5.42. The van der Waals surface area contributed by atoms with E-state index < -0.39 is 18.5 Å². The summed E-state index contributed by atoms with van der Waals surface area (Å²) >= 11 is 4.56. The largest absolute Gasteiger partial charge is 0.462 e. The van der Waals surface area contributed by atoms with Gasteiger partial charge in [0, 0.05) is 9.35 Å². The van der Waals surface area contributed by atoms with E-state index in [1.54, 1.807) is 6.92 Å². The Balaban J connectivity index is 1.96. The zero-order valence-electron chi connectivity index (χ0n) is 15.0. The monoisotopic (exact) mass is 473 g/mol. The summed E-state index contributed by atoms with van der Waals surface area (Å²) in [6, 6.07) is 4.18. The highest BCUT2D eigenvalue weighted by Gasteiger charge is 2.28. The van der Waals surface area contributed by atoms with Crippen molar-refractivity contribution in [3.63, 3.8) is 0 Å². The summed E-state index contributed by atoms with van der Waals surface area (Å²) in [5.41, 5.74) is 1.21. The summed E-state index contributed by atoms with van der Waals surface area (Å²) < 4.78 is 35.5. The molecule has 0 saturated heterocycles. The van der Waals surface area contributed by atoms with Crippen LogP contribution in [-0.4, -0.2) is 25.1 Å². The van der Waals surface area contributed by atoms with Crippen molar-refractivity contribution in [3.05, 3.63) is 44.2 Å². The standard InChI is InChI=1S/C19H18BrF2NO4S/c1-2-26-18(25)15-11-5-3-4-6-14(11)28-17(15)23-16(24)12-9-10(20)7-8-13(12)27-19(21)22/h7-9,19H,2-6H2,1H3,(H,23,24). The molecule has 1 N–H and O–H groups in total. The molecular formula is C19H18BrF2NO4S. The number of hydrogen-bond donors (Lipinski definition) is 1. The number of fused-ring (bicyclic) bond motifs is 1. The Labute approximate surface area is 173 Å². The second kappa shape index (κ2) is 9.00. The van der Waals surface area contributed by atoms with Crippen LogP contribution in [0.5, 0.6) is 5.75 Å². The van der Waals surface area contributed by atoms with Crippen LogP contribution >= 0.6 is 27.3 Å². The van der Waals surface area contributed by atoms with Gasteiger partial charge in [0.05, 0.1) is 17.7 Å². The van der Waals surface area contributed by atoms with Gasteiger partial charge in [-0.1, -0.05) is 15.9 Å². The number of alkyl halides is 2. The fraction of sp³-hybridized carbons (Fsp3) is 0.368. The van der Waals surface area contributed by atoms with Crippen LogP contribution in [0.25, 0.3) is 0 Å². The molecule has 0 unspecified atom stereocenters. The van der Waals surface area contributed by atoms with Crippen molar-refractivity contribution in [2.75, 3.05) is 11.9 Å². The van der Waals surface area contributed by atoms with E-state index in [4.69, 9.17) is 4.74 Å². The summed E-state index contributed by atoms with van der Waals surface area (Å²) in [5, 5.41) is 3.07. The van der Waals surface area contributed by atoms with E-state index in [0.29, 0.717) is 15.0 Å². The molecule has 1 aliphatic rings. The average Bonchev–Trinajstić information content (AvgIpc) is 3.00. The number of halogens is 3. The molecule has 1 amide bonds. The molecule has 0 saturated carbocycles. The summed E-state index contributed by atoms with van der Waals surface area (Å²) in [5.74, 6) is -1.37. The lowest BCUT2D eigenvalue weighted by Crippen LogP contribution is -2.17. The predicted molar refractivity (Wildman–Crippen MR) is 106 cm³/mol. The van der Waals surface area contributed by atoms with Gasteiger partial charge < -0.3 is 14.8 Å². The molecule has 0 atom stereocenters. The van der Waals surface area contributed by atoms with Gasteiger partial charge in [0.1, 0.15) is 10.8 Å². The first kappa shape index (κ1) is 20.7. The van der Waals surface area contributed by atoms with Gasteiger partial charge in [0.15, 0.2) is 0 Å². The molecule has 0 radical (unpaired) electrons. The maximum absolute atomic E-state index is 12.8. The minimum absolute atomic E-state index is 0.0594. The van der Waals surface area contributed by atoms with Crippen molar-refractivity contribution < 1.29 is 27.8 Å². The number of ether oxygens (including phenoxy) is 2. The molecule has 3 rings (SSSR count). The van der Waals surface area contributed by atoms with Crippen LogP contribution in [-0.2, 0) is 17.6 Å². The van der Waals surface area contributed by atoms with Crippen molar-refractivity contribution in [3.8, 4) is 5.75 Å². The van der Waals surface area contributed by atoms with Gasteiger partial charge in [0.2, 0.25) is 0 Å². The molecule has 1 aromatic carbocycles. The van der Waals surface area contributed by atoms with Crippen LogP contribution in [0.4, 0.5) is 13.8 Å². The summed E-state index contributed by atoms with van der Waals surface area (Å²) in [7, 11) is 0. The third-order valence-electron chi connectivity index (χ3n) is 4.28. The summed E-state index contributed by atoms with van der Waals surface area (Å²) in [6.45, 7) is -1.13. The number of esters is 1. The summed E-state index contributed by atoms with van der Waals surface area (Å²) in [4.78, 5) is 26.3. The number of benzene rings is 1. The van der Waals surface area contributed by atoms with Crippen molar-refractivity contribution >= 4 is 44.1 Å². The van der Waals surface area contributed by atoms with E-state index in [0.717, 1.165) is 36.1 Å². The van der Waals surface area contributed by atoms with Crippen LogP contribution in [0, 0.1) is 0 Å². The number of carbonyl (C=O) groups excluding carboxylic acids is 2. The number of hydrogen-bond acceptors (Lipinski definition) is 5. The molecule has 0 spiro atoms. The lowest BCUT2D eigenvalue weighted by atomic mass is 9.95. The highest BCUT2D eigenvalue weighted by molar-refractivity contribution is 9.10. The molecule has 9 heteroatoms. The van der Waals surface area contributed by atoms with E-state index in [-0.39, 0.29) is 17.9 Å². The van der Waals surface area contributed by atoms with Crippen molar-refractivity contribution in [1.29, 1.82) is 0 Å². The second-order valence-corrected chi connectivity index (χ2v) is 8.13. The minimum Gasteiger partial charge on any atom is -0.462 e. The van der Waals surface area contributed by atoms with Crippen LogP contribution in [0.1, 0.15) is 50.9 Å². The van der Waals surface area contributed by atoms with Gasteiger partial charge in [-0.2, -0.15) is 8.78 Å². The highest BCUT2D eigenvalue weighted by Crippen LogP contribution is 2.39. The smallest absolute Gasteiger partial charge is 0.387 e. The van der Waals surface area contributed by atoms with Crippen molar-refractivity contribution in [2.24, 2.45) is 0 Å². The normalized spacial score (nSPS) is 13.2. The maximum Gasteiger partial charge on any atom is 0.387 e. The Morgan fingerprint density at radius 3 is 2.75 bits per heavy atom. The molecular weight excluding hydrogens is 456 g/mol. The molecule has 150 valence electrons. The van der Waals surface area contributed by atoms with E-state index >= 15 is 0 Å². The SMILES string of the molecule is CCOC(=O)c1c(NC(=O)c2cc(Br)ccc2OC(F)F)sc2c1CCCC2. The first-order valence-electron chi connectivity index (χ1n) is 8.78. The Kier molecular flexibility index (Phi) is 6.66. The van der Waals surface area contributed by atoms with Crippen LogP contribution in [0.2, 0.25) is 0 Å². The Bertz CT molecular complexity index is 900. The molecule has 1 heterocycles. The molecule has 0 bridgehead atoms. The highest BCUT2D eigenvalue weighted by atomic mass is 79.9. The third-order valence-corrected chi connectivity index (χ3v) is 5.98. The van der Waals surface area contributed by atoms with Crippen LogP contribution in [0.3, 0.4) is 0 Å². The fourth-order valence-corrected chi connectivity index (χ4v) is 4.76. The number of rotatable bonds is 6. The molecule has 2 aromatic rings. The number of carbonyl (C=O) groups is 2. The van der Waals surface area contributed by atoms with Gasteiger partial charge >= 0.3 is 12.6 Å². The van der Waals surface area contributed by atoms with Crippen molar-refractivity contribution in [2.45, 2.75) is 39.2 Å². The number of amides is 1. The Morgan fingerprint density at radius 2 is 2.04 bits per heavy atom. The molecule has 28 heavy (non-hydrogen) atoms. The molecule has 1 aliphatic carbocycles. The van der Waals surface area contributed by atoms with Gasteiger partial charge in [-0.25, -0.2) is 4.79 Å². The first-order valence-corrected chi connectivity index (χ1v) is 10.4. The Hall–Kier alpha value is -2.00. The van der Waals surface area contributed by atoms with Gasteiger partial charge in [0.25, 0.3) is 5.91 Å². The molecule has 0 fully saturated rings. The van der Waals surface area contributed by atoms with E-state index in [2.05, 4.69) is 26.0 Å². The number of nitrogens with one attached hydrogen (secondary N) is 1. The molecule has 1 aromatic heterocycles. The maximum atomic E-state index is 12.8. The van der Waals surface area contributed by atoms with E-state index in [1.165, 1.54) is 29.5 Å². The summed E-state index contributed by atoms with van der Waals surface area (Å²) in [6.07, 6.45) is 3.55. The fourth-order valence-electron chi connectivity index (χ4n) is 3.12. The zero-order chi connectivity index (χ0) is 20.3. The van der Waals surface area contributed by atoms with Crippen LogP contribution < -0.4 is 10.1 Å². The number of aryl methyl sites for hydroxylation is 1. The lowest BCUT2D eigenvalue weighted by molar-refractivity contribution is -0.0501. The molecule has 5 nitrogen and oxygen atoms in total. The topological polar surface area (TPSA) is 64.6 Å². The molecule has 0 aliphatic heterocycles. The quantitative estimate of drug-likeness (QED) is 0.568. The average molecular weight is 474 g/mol. The van der Waals surface area contributed by atoms with Gasteiger partial charge in [-0.15, -0.1) is 11.3 Å². The number of thiophene rings is 1. The van der Waals surface area contributed by atoms with Crippen molar-refractivity contribution in [1.82, 2.24) is 0 Å². The van der Waals surface area contributed by atoms with E-state index in [1.807, 2.05) is 0 Å². The van der Waals surface area contributed by atoms with Crippen LogP contribution in [0.15, 0.2) is 22.7 Å². The van der Waals surface area contributed by atoms with Gasteiger partial charge in [-0.05, 0) is 56.4 Å². The van der Waals surface area contributed by atoms with E-state index in [9.17, 15) is 18.4 Å². The Morgan fingerprint density at radius 1 is 1.29 bits per heavy atom. The third kappa shape index (κ3) is 4.52. The van der Waals surface area contributed by atoms with Gasteiger partial charge in [-0.3, -0.25) is 4.79 Å². The first-order chi connectivity index (χ1) is 13.4. The minimum atomic E-state index is -3.06. The zero-order valence-corrected chi connectivity index (χ0v) is 17.4. The lowest BCUT2D eigenvalue weighted by Gasteiger charge is -2.13. The number of anilines is 1. The second-order valence-electron chi connectivity index (χ2n) is 6.11.